The third kappa shape index (κ3) is 2.73. The number of hydrogen-bond acceptors (Lipinski definition) is 2. The monoisotopic (exact) mass is 212 g/mol. The van der Waals surface area contributed by atoms with Crippen molar-refractivity contribution in [2.45, 2.75) is 33.6 Å². The predicted octanol–water partition coefficient (Wildman–Crippen LogP) is 2.21. The lowest BCUT2D eigenvalue weighted by atomic mass is 9.62. The molecule has 0 aromatic rings. The lowest BCUT2D eigenvalue weighted by Crippen LogP contribution is -2.51. The van der Waals surface area contributed by atoms with Gasteiger partial charge in [-0.1, -0.05) is 20.8 Å². The van der Waals surface area contributed by atoms with E-state index >= 15 is 0 Å². The first-order chi connectivity index (χ1) is 7.03. The second kappa shape index (κ2) is 5.31. The summed E-state index contributed by atoms with van der Waals surface area (Å²) in [4.78, 5) is 2.34. The van der Waals surface area contributed by atoms with Crippen molar-refractivity contribution in [3.63, 3.8) is 0 Å². The van der Waals surface area contributed by atoms with Gasteiger partial charge >= 0.3 is 0 Å². The maximum Gasteiger partial charge on any atom is 0.00211 e. The van der Waals surface area contributed by atoms with E-state index in [-0.39, 0.29) is 0 Å². The Morgan fingerprint density at radius 1 is 1.40 bits per heavy atom. The van der Waals surface area contributed by atoms with Crippen LogP contribution in [0.1, 0.15) is 33.6 Å². The lowest BCUT2D eigenvalue weighted by molar-refractivity contribution is 0.0309. The standard InChI is InChI=1S/C13H28N2/c1-6-13(11(2)3)7-8-14-9-12(13)10-15(4)5/h11-12,14H,6-10H2,1-5H3. The summed E-state index contributed by atoms with van der Waals surface area (Å²) in [5, 5.41) is 3.56. The third-order valence-electron chi connectivity index (χ3n) is 4.36. The lowest BCUT2D eigenvalue weighted by Gasteiger charge is -2.48. The van der Waals surface area contributed by atoms with E-state index in [1.807, 2.05) is 0 Å². The minimum Gasteiger partial charge on any atom is -0.316 e. The Hall–Kier alpha value is -0.0800. The molecule has 1 aliphatic rings. The molecule has 2 nitrogen and oxygen atoms in total. The van der Waals surface area contributed by atoms with Gasteiger partial charge in [0, 0.05) is 6.54 Å². The minimum absolute atomic E-state index is 0.565. The second-order valence-corrected chi connectivity index (χ2v) is 5.65. The quantitative estimate of drug-likeness (QED) is 0.768. The zero-order valence-corrected chi connectivity index (χ0v) is 11.1. The van der Waals surface area contributed by atoms with Crippen molar-refractivity contribution in [1.82, 2.24) is 10.2 Å². The molecule has 0 bridgehead atoms. The first kappa shape index (κ1) is 13.0. The van der Waals surface area contributed by atoms with Gasteiger partial charge in [-0.3, -0.25) is 0 Å². The number of rotatable bonds is 4. The summed E-state index contributed by atoms with van der Waals surface area (Å²) < 4.78 is 0. The van der Waals surface area contributed by atoms with Crippen LogP contribution in [0.25, 0.3) is 0 Å². The van der Waals surface area contributed by atoms with Crippen LogP contribution in [0.15, 0.2) is 0 Å². The average Bonchev–Trinajstić information content (AvgIpc) is 2.17. The van der Waals surface area contributed by atoms with E-state index in [1.165, 1.54) is 32.5 Å². The first-order valence-corrected chi connectivity index (χ1v) is 6.38. The van der Waals surface area contributed by atoms with Crippen LogP contribution in [0, 0.1) is 17.3 Å². The van der Waals surface area contributed by atoms with Gasteiger partial charge in [0.1, 0.15) is 0 Å². The third-order valence-corrected chi connectivity index (χ3v) is 4.36. The number of piperidine rings is 1. The van der Waals surface area contributed by atoms with E-state index in [1.54, 1.807) is 0 Å². The SMILES string of the molecule is CCC1(C(C)C)CCNCC1CN(C)C. The molecule has 1 saturated heterocycles. The Balaban J connectivity index is 2.78. The molecule has 90 valence electrons. The van der Waals surface area contributed by atoms with Crippen molar-refractivity contribution in [2.75, 3.05) is 33.7 Å². The Bertz CT molecular complexity index is 189. The van der Waals surface area contributed by atoms with Crippen LogP contribution in [0.3, 0.4) is 0 Å². The van der Waals surface area contributed by atoms with Gasteiger partial charge in [0.05, 0.1) is 0 Å². The van der Waals surface area contributed by atoms with E-state index in [0.29, 0.717) is 5.41 Å². The summed E-state index contributed by atoms with van der Waals surface area (Å²) in [7, 11) is 4.38. The molecule has 15 heavy (non-hydrogen) atoms. The molecule has 0 spiro atoms. The van der Waals surface area contributed by atoms with Crippen molar-refractivity contribution in [3.05, 3.63) is 0 Å². The fourth-order valence-electron chi connectivity index (χ4n) is 3.33. The fraction of sp³-hybridized carbons (Fsp3) is 1.00. The molecule has 2 heteroatoms. The smallest absolute Gasteiger partial charge is 0.00211 e. The molecule has 0 amide bonds. The van der Waals surface area contributed by atoms with E-state index < -0.39 is 0 Å². The van der Waals surface area contributed by atoms with E-state index in [4.69, 9.17) is 0 Å². The van der Waals surface area contributed by atoms with Crippen LogP contribution >= 0.6 is 0 Å². The molecule has 2 atom stereocenters. The topological polar surface area (TPSA) is 15.3 Å². The Morgan fingerprint density at radius 2 is 2.07 bits per heavy atom. The summed E-state index contributed by atoms with van der Waals surface area (Å²) in [5.41, 5.74) is 0.565. The molecule has 2 unspecified atom stereocenters. The largest absolute Gasteiger partial charge is 0.316 e. The number of nitrogens with zero attached hydrogens (tertiary/aromatic N) is 1. The van der Waals surface area contributed by atoms with Crippen molar-refractivity contribution in [3.8, 4) is 0 Å². The zero-order valence-electron chi connectivity index (χ0n) is 11.1. The van der Waals surface area contributed by atoms with Gasteiger partial charge in [-0.2, -0.15) is 0 Å². The molecule has 1 N–H and O–H groups in total. The van der Waals surface area contributed by atoms with E-state index in [2.05, 4.69) is 45.1 Å². The molecular weight excluding hydrogens is 184 g/mol. The maximum absolute atomic E-state index is 3.56. The van der Waals surface area contributed by atoms with Crippen molar-refractivity contribution in [2.24, 2.45) is 17.3 Å². The maximum atomic E-state index is 3.56. The summed E-state index contributed by atoms with van der Waals surface area (Å²) >= 11 is 0. The normalized spacial score (nSPS) is 32.6. The molecule has 0 aromatic heterocycles. The highest BCUT2D eigenvalue weighted by Gasteiger charge is 2.41. The van der Waals surface area contributed by atoms with Crippen LogP contribution in [0.4, 0.5) is 0 Å². The highest BCUT2D eigenvalue weighted by molar-refractivity contribution is 4.93. The molecular formula is C13H28N2. The van der Waals surface area contributed by atoms with Gasteiger partial charge in [0.15, 0.2) is 0 Å². The molecule has 0 saturated carbocycles. The molecule has 1 heterocycles. The Morgan fingerprint density at radius 3 is 2.53 bits per heavy atom. The first-order valence-electron chi connectivity index (χ1n) is 6.38. The highest BCUT2D eigenvalue weighted by atomic mass is 15.1. The van der Waals surface area contributed by atoms with Crippen LogP contribution in [-0.2, 0) is 0 Å². The summed E-state index contributed by atoms with van der Waals surface area (Å²) in [6, 6.07) is 0. The summed E-state index contributed by atoms with van der Waals surface area (Å²) in [6.45, 7) is 10.8. The van der Waals surface area contributed by atoms with Crippen molar-refractivity contribution >= 4 is 0 Å². The minimum atomic E-state index is 0.565. The predicted molar refractivity (Wildman–Crippen MR) is 67.1 cm³/mol. The van der Waals surface area contributed by atoms with Gasteiger partial charge in [-0.15, -0.1) is 0 Å². The van der Waals surface area contributed by atoms with Crippen LogP contribution in [0.5, 0.6) is 0 Å². The fourth-order valence-corrected chi connectivity index (χ4v) is 3.33. The van der Waals surface area contributed by atoms with Gasteiger partial charge in [-0.25, -0.2) is 0 Å². The zero-order chi connectivity index (χ0) is 11.5. The second-order valence-electron chi connectivity index (χ2n) is 5.65. The molecule has 1 rings (SSSR count). The molecule has 0 radical (unpaired) electrons. The molecule has 1 aliphatic heterocycles. The number of nitrogens with one attached hydrogen (secondary N) is 1. The average molecular weight is 212 g/mol. The van der Waals surface area contributed by atoms with Gasteiger partial charge in [0.2, 0.25) is 0 Å². The van der Waals surface area contributed by atoms with Crippen molar-refractivity contribution < 1.29 is 0 Å². The summed E-state index contributed by atoms with van der Waals surface area (Å²) in [6.07, 6.45) is 2.67. The number of hydrogen-bond donors (Lipinski definition) is 1. The van der Waals surface area contributed by atoms with Crippen LogP contribution < -0.4 is 5.32 Å². The molecule has 0 aliphatic carbocycles. The molecule has 1 fully saturated rings. The van der Waals surface area contributed by atoms with Crippen LogP contribution in [-0.4, -0.2) is 38.6 Å². The van der Waals surface area contributed by atoms with E-state index in [9.17, 15) is 0 Å². The van der Waals surface area contributed by atoms with Crippen molar-refractivity contribution in [1.29, 1.82) is 0 Å². The van der Waals surface area contributed by atoms with E-state index in [0.717, 1.165) is 11.8 Å². The highest BCUT2D eigenvalue weighted by Crippen LogP contribution is 2.44. The summed E-state index contributed by atoms with van der Waals surface area (Å²) in [5.74, 6) is 1.61. The van der Waals surface area contributed by atoms with Gasteiger partial charge < -0.3 is 10.2 Å². The van der Waals surface area contributed by atoms with Crippen LogP contribution in [0.2, 0.25) is 0 Å². The molecule has 0 aromatic carbocycles. The van der Waals surface area contributed by atoms with Gasteiger partial charge in [0.25, 0.3) is 0 Å². The van der Waals surface area contributed by atoms with Gasteiger partial charge in [-0.05, 0) is 57.3 Å². The Labute approximate surface area is 95.4 Å². The Kier molecular flexibility index (Phi) is 4.60.